The molecule has 1 aromatic rings. The summed E-state index contributed by atoms with van der Waals surface area (Å²) in [5.41, 5.74) is 0.455. The predicted octanol–water partition coefficient (Wildman–Crippen LogP) is 0.958. The number of methoxy groups -OCH3 is 1. The Hall–Kier alpha value is -1.42. The van der Waals surface area contributed by atoms with Gasteiger partial charge in [0, 0.05) is 20.3 Å². The summed E-state index contributed by atoms with van der Waals surface area (Å²) in [6.45, 7) is 1.80. The molecular weight excluding hydrogens is 264 g/mol. The van der Waals surface area contributed by atoms with Gasteiger partial charge in [-0.15, -0.1) is 0 Å². The predicted molar refractivity (Wildman–Crippen MR) is 72.6 cm³/mol. The SMILES string of the molecule is COCCCNCCS(=O)(=O)c1ccc(C#N)cc1. The van der Waals surface area contributed by atoms with Gasteiger partial charge in [0.1, 0.15) is 0 Å². The van der Waals surface area contributed by atoms with Gasteiger partial charge in [-0.3, -0.25) is 0 Å². The second-order valence-corrected chi connectivity index (χ2v) is 6.16. The molecule has 1 rings (SSSR count). The minimum absolute atomic E-state index is 0.0475. The number of nitriles is 1. The van der Waals surface area contributed by atoms with E-state index in [9.17, 15) is 8.42 Å². The van der Waals surface area contributed by atoms with E-state index >= 15 is 0 Å². The van der Waals surface area contributed by atoms with E-state index in [0.717, 1.165) is 13.0 Å². The second-order valence-electron chi connectivity index (χ2n) is 4.05. The molecule has 1 N–H and O–H groups in total. The van der Waals surface area contributed by atoms with Crippen LogP contribution in [0.15, 0.2) is 29.2 Å². The first-order valence-corrected chi connectivity index (χ1v) is 7.68. The first-order chi connectivity index (χ1) is 9.10. The van der Waals surface area contributed by atoms with Crippen molar-refractivity contribution in [2.75, 3.05) is 32.6 Å². The number of hydrogen-bond donors (Lipinski definition) is 1. The number of rotatable bonds is 8. The van der Waals surface area contributed by atoms with E-state index in [1.165, 1.54) is 24.3 Å². The van der Waals surface area contributed by atoms with E-state index in [1.807, 2.05) is 6.07 Å². The molecule has 0 aromatic heterocycles. The van der Waals surface area contributed by atoms with E-state index in [0.29, 0.717) is 18.7 Å². The fraction of sp³-hybridized carbons (Fsp3) is 0.462. The lowest BCUT2D eigenvalue weighted by Gasteiger charge is -2.06. The topological polar surface area (TPSA) is 79.2 Å². The minimum Gasteiger partial charge on any atom is -0.385 e. The highest BCUT2D eigenvalue weighted by molar-refractivity contribution is 7.91. The van der Waals surface area contributed by atoms with Crippen LogP contribution in [-0.2, 0) is 14.6 Å². The van der Waals surface area contributed by atoms with Gasteiger partial charge in [0.2, 0.25) is 0 Å². The summed E-state index contributed by atoms with van der Waals surface area (Å²) in [7, 11) is -1.65. The average Bonchev–Trinajstić information content (AvgIpc) is 2.43. The molecule has 0 radical (unpaired) electrons. The molecule has 0 spiro atoms. The average molecular weight is 282 g/mol. The standard InChI is InChI=1S/C13H18N2O3S/c1-18-9-2-7-15-8-10-19(16,17)13-5-3-12(11-14)4-6-13/h3-6,15H,2,7-10H2,1H3. The molecule has 0 saturated heterocycles. The maximum Gasteiger partial charge on any atom is 0.179 e. The summed E-state index contributed by atoms with van der Waals surface area (Å²) in [4.78, 5) is 0.255. The third-order valence-electron chi connectivity index (χ3n) is 2.59. The molecule has 0 atom stereocenters. The molecule has 104 valence electrons. The number of sulfone groups is 1. The molecule has 1 aromatic carbocycles. The highest BCUT2D eigenvalue weighted by atomic mass is 32.2. The van der Waals surface area contributed by atoms with Crippen LogP contribution in [0, 0.1) is 11.3 Å². The van der Waals surface area contributed by atoms with Crippen LogP contribution in [0.4, 0.5) is 0 Å². The highest BCUT2D eigenvalue weighted by Gasteiger charge is 2.13. The van der Waals surface area contributed by atoms with Crippen molar-refractivity contribution in [1.82, 2.24) is 5.32 Å². The summed E-state index contributed by atoms with van der Waals surface area (Å²) in [5.74, 6) is 0.0475. The largest absolute Gasteiger partial charge is 0.385 e. The van der Waals surface area contributed by atoms with E-state index in [1.54, 1.807) is 7.11 Å². The Bertz CT molecular complexity index is 518. The van der Waals surface area contributed by atoms with Gasteiger partial charge in [0.25, 0.3) is 0 Å². The molecule has 0 bridgehead atoms. The van der Waals surface area contributed by atoms with Crippen LogP contribution in [-0.4, -0.2) is 41.0 Å². The van der Waals surface area contributed by atoms with Crippen LogP contribution >= 0.6 is 0 Å². The van der Waals surface area contributed by atoms with Crippen LogP contribution < -0.4 is 5.32 Å². The van der Waals surface area contributed by atoms with E-state index in [4.69, 9.17) is 10.00 Å². The van der Waals surface area contributed by atoms with Crippen molar-refractivity contribution in [2.45, 2.75) is 11.3 Å². The van der Waals surface area contributed by atoms with Gasteiger partial charge in [-0.1, -0.05) is 0 Å². The summed E-state index contributed by atoms with van der Waals surface area (Å²) in [5, 5.41) is 11.7. The monoisotopic (exact) mass is 282 g/mol. The molecule has 0 amide bonds. The zero-order chi connectivity index (χ0) is 14.1. The number of ether oxygens (including phenoxy) is 1. The second kappa shape index (κ2) is 7.89. The third kappa shape index (κ3) is 5.39. The molecular formula is C13H18N2O3S. The van der Waals surface area contributed by atoms with Crippen LogP contribution in [0.1, 0.15) is 12.0 Å². The Kier molecular flexibility index (Phi) is 6.50. The van der Waals surface area contributed by atoms with Gasteiger partial charge in [0.15, 0.2) is 9.84 Å². The molecule has 5 nitrogen and oxygen atoms in total. The summed E-state index contributed by atoms with van der Waals surface area (Å²) < 4.78 is 28.8. The van der Waals surface area contributed by atoms with Gasteiger partial charge in [-0.2, -0.15) is 5.26 Å². The number of hydrogen-bond acceptors (Lipinski definition) is 5. The molecule has 6 heteroatoms. The van der Waals surface area contributed by atoms with Crippen LogP contribution in [0.25, 0.3) is 0 Å². The number of nitrogens with zero attached hydrogens (tertiary/aromatic N) is 1. The number of nitrogens with one attached hydrogen (secondary N) is 1. The van der Waals surface area contributed by atoms with Crippen molar-refractivity contribution in [3.8, 4) is 6.07 Å². The van der Waals surface area contributed by atoms with Crippen molar-refractivity contribution in [3.05, 3.63) is 29.8 Å². The summed E-state index contributed by atoms with van der Waals surface area (Å²) >= 11 is 0. The van der Waals surface area contributed by atoms with Crippen molar-refractivity contribution < 1.29 is 13.2 Å². The van der Waals surface area contributed by atoms with Crippen molar-refractivity contribution in [3.63, 3.8) is 0 Å². The third-order valence-corrected chi connectivity index (χ3v) is 4.32. The van der Waals surface area contributed by atoms with E-state index in [2.05, 4.69) is 5.32 Å². The molecule has 0 aliphatic carbocycles. The Morgan fingerprint density at radius 3 is 2.53 bits per heavy atom. The molecule has 0 saturated carbocycles. The minimum atomic E-state index is -3.28. The van der Waals surface area contributed by atoms with E-state index < -0.39 is 9.84 Å². The zero-order valence-electron chi connectivity index (χ0n) is 10.9. The van der Waals surface area contributed by atoms with Crippen molar-refractivity contribution in [1.29, 1.82) is 5.26 Å². The Labute approximate surface area is 114 Å². The first-order valence-electron chi connectivity index (χ1n) is 6.03. The smallest absolute Gasteiger partial charge is 0.179 e. The van der Waals surface area contributed by atoms with Gasteiger partial charge in [-0.25, -0.2) is 8.42 Å². The fourth-order valence-corrected chi connectivity index (χ4v) is 2.73. The van der Waals surface area contributed by atoms with Crippen molar-refractivity contribution >= 4 is 9.84 Å². The first kappa shape index (κ1) is 15.6. The Morgan fingerprint density at radius 2 is 1.95 bits per heavy atom. The molecule has 0 unspecified atom stereocenters. The lowest BCUT2D eigenvalue weighted by Crippen LogP contribution is -2.24. The maximum atomic E-state index is 12.0. The molecule has 0 heterocycles. The summed E-state index contributed by atoms with van der Waals surface area (Å²) in [6, 6.07) is 7.93. The van der Waals surface area contributed by atoms with E-state index in [-0.39, 0.29) is 10.6 Å². The molecule has 0 aliphatic rings. The molecule has 0 aliphatic heterocycles. The lowest BCUT2D eigenvalue weighted by atomic mass is 10.2. The Balaban J connectivity index is 2.45. The molecule has 19 heavy (non-hydrogen) atoms. The quantitative estimate of drug-likeness (QED) is 0.718. The fourth-order valence-electron chi connectivity index (χ4n) is 1.53. The maximum absolute atomic E-state index is 12.0. The highest BCUT2D eigenvalue weighted by Crippen LogP contribution is 2.11. The van der Waals surface area contributed by atoms with Gasteiger partial charge < -0.3 is 10.1 Å². The summed E-state index contributed by atoms with van der Waals surface area (Å²) in [6.07, 6.45) is 0.855. The van der Waals surface area contributed by atoms with Gasteiger partial charge in [0.05, 0.1) is 22.3 Å². The Morgan fingerprint density at radius 1 is 1.26 bits per heavy atom. The van der Waals surface area contributed by atoms with Crippen LogP contribution in [0.3, 0.4) is 0 Å². The molecule has 0 fully saturated rings. The van der Waals surface area contributed by atoms with Gasteiger partial charge in [-0.05, 0) is 37.2 Å². The normalized spacial score (nSPS) is 11.2. The van der Waals surface area contributed by atoms with Crippen molar-refractivity contribution in [2.24, 2.45) is 0 Å². The van der Waals surface area contributed by atoms with Crippen LogP contribution in [0.2, 0.25) is 0 Å². The number of benzene rings is 1. The lowest BCUT2D eigenvalue weighted by molar-refractivity contribution is 0.194. The zero-order valence-corrected chi connectivity index (χ0v) is 11.7. The van der Waals surface area contributed by atoms with Gasteiger partial charge >= 0.3 is 0 Å². The van der Waals surface area contributed by atoms with Crippen LogP contribution in [0.5, 0.6) is 0 Å².